The van der Waals surface area contributed by atoms with Crippen LogP contribution in [0.15, 0.2) is 48.5 Å². The normalized spacial score (nSPS) is 22.1. The number of carboxylic acids is 1. The summed E-state index contributed by atoms with van der Waals surface area (Å²) in [7, 11) is 0. The summed E-state index contributed by atoms with van der Waals surface area (Å²) >= 11 is 0. The number of rotatable bonds is 6. The Balaban J connectivity index is 1.42. The van der Waals surface area contributed by atoms with Gasteiger partial charge in [-0.2, -0.15) is 0 Å². The van der Waals surface area contributed by atoms with E-state index in [1.165, 1.54) is 0 Å². The van der Waals surface area contributed by atoms with Crippen LogP contribution >= 0.6 is 0 Å². The maximum atomic E-state index is 13.2. The second-order valence-corrected chi connectivity index (χ2v) is 10.9. The molecule has 2 aliphatic carbocycles. The zero-order valence-electron chi connectivity index (χ0n) is 20.8. The number of fused-ring (bicyclic) bond motifs is 3. The summed E-state index contributed by atoms with van der Waals surface area (Å²) < 4.78 is 5.67. The van der Waals surface area contributed by atoms with E-state index in [2.05, 4.69) is 34.9 Å². The molecule has 0 heterocycles. The van der Waals surface area contributed by atoms with Crippen molar-refractivity contribution in [1.29, 1.82) is 0 Å². The Kier molecular flexibility index (Phi) is 6.62. The Hall–Kier alpha value is -3.35. The molecule has 1 fully saturated rings. The van der Waals surface area contributed by atoms with Gasteiger partial charge in [0.1, 0.15) is 12.6 Å². The predicted octanol–water partition coefficient (Wildman–Crippen LogP) is 4.70. The van der Waals surface area contributed by atoms with Crippen molar-refractivity contribution in [2.75, 3.05) is 6.61 Å². The maximum Gasteiger partial charge on any atom is 0.407 e. The number of carboxylic acid groups (broad SMARTS) is 1. The fourth-order valence-electron chi connectivity index (χ4n) is 5.40. The van der Waals surface area contributed by atoms with E-state index in [-0.39, 0.29) is 18.4 Å². The second kappa shape index (κ2) is 9.36. The number of carbonyl (C=O) groups is 3. The van der Waals surface area contributed by atoms with Gasteiger partial charge in [0.25, 0.3) is 0 Å². The van der Waals surface area contributed by atoms with Gasteiger partial charge in [-0.25, -0.2) is 9.59 Å². The number of carbonyl (C=O) groups excluding carboxylic acids is 2. The Morgan fingerprint density at radius 3 is 2.17 bits per heavy atom. The second-order valence-electron chi connectivity index (χ2n) is 10.9. The van der Waals surface area contributed by atoms with Crippen LogP contribution in [0.3, 0.4) is 0 Å². The molecule has 186 valence electrons. The number of hydrogen-bond acceptors (Lipinski definition) is 4. The molecule has 2 aromatic carbocycles. The number of ether oxygens (including phenoxy) is 1. The van der Waals surface area contributed by atoms with Gasteiger partial charge in [0.2, 0.25) is 5.91 Å². The third-order valence-corrected chi connectivity index (χ3v) is 7.50. The van der Waals surface area contributed by atoms with Crippen LogP contribution in [-0.4, -0.2) is 41.8 Å². The lowest BCUT2D eigenvalue weighted by molar-refractivity contribution is -0.147. The van der Waals surface area contributed by atoms with E-state index >= 15 is 0 Å². The van der Waals surface area contributed by atoms with E-state index in [9.17, 15) is 19.5 Å². The summed E-state index contributed by atoms with van der Waals surface area (Å²) in [5.74, 6) is -1.48. The monoisotopic (exact) mass is 478 g/mol. The molecule has 3 N–H and O–H groups in total. The predicted molar refractivity (Wildman–Crippen MR) is 133 cm³/mol. The maximum absolute atomic E-state index is 13.2. The van der Waals surface area contributed by atoms with Crippen LogP contribution in [0.2, 0.25) is 0 Å². The van der Waals surface area contributed by atoms with Crippen molar-refractivity contribution in [3.05, 3.63) is 59.7 Å². The van der Waals surface area contributed by atoms with E-state index in [1.807, 2.05) is 24.3 Å². The molecule has 2 aliphatic rings. The number of amides is 2. The van der Waals surface area contributed by atoms with Gasteiger partial charge in [-0.1, -0.05) is 75.7 Å². The lowest BCUT2D eigenvalue weighted by Crippen LogP contribution is -2.57. The molecule has 1 saturated carbocycles. The summed E-state index contributed by atoms with van der Waals surface area (Å²) in [6.45, 7) is 7.30. The van der Waals surface area contributed by atoms with E-state index in [0.29, 0.717) is 12.8 Å². The fraction of sp³-hybridized carbons (Fsp3) is 0.464. The molecule has 35 heavy (non-hydrogen) atoms. The minimum atomic E-state index is -1.08. The molecular formula is C28H34N2O5. The molecule has 7 nitrogen and oxygen atoms in total. The van der Waals surface area contributed by atoms with E-state index < -0.39 is 35.0 Å². The topological polar surface area (TPSA) is 105 Å². The molecule has 0 aromatic heterocycles. The highest BCUT2D eigenvalue weighted by Crippen LogP contribution is 2.44. The van der Waals surface area contributed by atoms with Gasteiger partial charge in [0, 0.05) is 12.0 Å². The van der Waals surface area contributed by atoms with Crippen molar-refractivity contribution in [2.45, 2.75) is 65.0 Å². The van der Waals surface area contributed by atoms with Crippen LogP contribution in [0.1, 0.15) is 64.0 Å². The molecule has 4 rings (SSSR count). The van der Waals surface area contributed by atoms with Crippen molar-refractivity contribution >= 4 is 18.0 Å². The van der Waals surface area contributed by atoms with Crippen LogP contribution in [0.4, 0.5) is 4.79 Å². The molecule has 2 amide bonds. The Morgan fingerprint density at radius 1 is 1.06 bits per heavy atom. The van der Waals surface area contributed by atoms with Crippen molar-refractivity contribution in [3.63, 3.8) is 0 Å². The Morgan fingerprint density at radius 2 is 1.63 bits per heavy atom. The standard InChI is InChI=1S/C28H34N2O5/c1-27(2,3)23(24(31)32)30-25(33)28(4)15-9-14-22(28)29-26(34)35-16-21-19-12-7-5-10-17(19)18-11-6-8-13-20(18)21/h5-8,10-13,21-23H,9,14-16H2,1-4H3,(H,29,34)(H,30,33)(H,31,32)/t22?,23-,28?/m1/s1. The number of nitrogens with one attached hydrogen (secondary N) is 2. The van der Waals surface area contributed by atoms with Gasteiger partial charge in [-0.05, 0) is 47.4 Å². The quantitative estimate of drug-likeness (QED) is 0.558. The first kappa shape index (κ1) is 24.8. The Labute approximate surface area is 206 Å². The minimum Gasteiger partial charge on any atom is -0.480 e. The fourth-order valence-corrected chi connectivity index (χ4v) is 5.40. The highest BCUT2D eigenvalue weighted by Gasteiger charge is 2.48. The van der Waals surface area contributed by atoms with Crippen LogP contribution in [-0.2, 0) is 14.3 Å². The van der Waals surface area contributed by atoms with Crippen molar-refractivity contribution in [3.8, 4) is 11.1 Å². The van der Waals surface area contributed by atoms with Crippen LogP contribution < -0.4 is 10.6 Å². The number of alkyl carbamates (subject to hydrolysis) is 1. The van der Waals surface area contributed by atoms with Gasteiger partial charge in [-0.15, -0.1) is 0 Å². The minimum absolute atomic E-state index is 0.0467. The smallest absolute Gasteiger partial charge is 0.407 e. The van der Waals surface area contributed by atoms with Crippen molar-refractivity contribution in [2.24, 2.45) is 10.8 Å². The summed E-state index contributed by atoms with van der Waals surface area (Å²) in [6, 6.07) is 14.8. The van der Waals surface area contributed by atoms with Crippen LogP contribution in [0.25, 0.3) is 11.1 Å². The van der Waals surface area contributed by atoms with Gasteiger partial charge in [0.05, 0.1) is 5.41 Å². The molecule has 0 aliphatic heterocycles. The van der Waals surface area contributed by atoms with Gasteiger partial charge in [-0.3, -0.25) is 4.79 Å². The largest absolute Gasteiger partial charge is 0.480 e. The van der Waals surface area contributed by atoms with E-state index in [4.69, 9.17) is 4.74 Å². The average Bonchev–Trinajstić information content (AvgIpc) is 3.33. The molecule has 0 radical (unpaired) electrons. The molecule has 0 saturated heterocycles. The molecule has 2 aromatic rings. The first-order valence-corrected chi connectivity index (χ1v) is 12.2. The summed E-state index contributed by atoms with van der Waals surface area (Å²) in [5, 5.41) is 15.2. The number of benzene rings is 2. The molecule has 3 atom stereocenters. The van der Waals surface area contributed by atoms with E-state index in [0.717, 1.165) is 28.7 Å². The summed E-state index contributed by atoms with van der Waals surface area (Å²) in [5.41, 5.74) is 3.02. The highest BCUT2D eigenvalue weighted by molar-refractivity contribution is 5.89. The SMILES string of the molecule is CC1(C(=O)N[C@H](C(=O)O)C(C)(C)C)CCCC1NC(=O)OCC1c2ccccc2-c2ccccc21. The summed E-state index contributed by atoms with van der Waals surface area (Å²) in [4.78, 5) is 37.8. The summed E-state index contributed by atoms with van der Waals surface area (Å²) in [6.07, 6.45) is 1.37. The number of aliphatic carboxylic acids is 1. The third-order valence-electron chi connectivity index (χ3n) is 7.50. The molecule has 0 bridgehead atoms. The highest BCUT2D eigenvalue weighted by atomic mass is 16.5. The van der Waals surface area contributed by atoms with Gasteiger partial charge < -0.3 is 20.5 Å². The average molecular weight is 479 g/mol. The first-order valence-electron chi connectivity index (χ1n) is 12.2. The van der Waals surface area contributed by atoms with Crippen molar-refractivity contribution < 1.29 is 24.2 Å². The lowest BCUT2D eigenvalue weighted by atomic mass is 9.81. The molecule has 2 unspecified atom stereocenters. The van der Waals surface area contributed by atoms with Gasteiger partial charge >= 0.3 is 12.1 Å². The lowest BCUT2D eigenvalue weighted by Gasteiger charge is -2.35. The van der Waals surface area contributed by atoms with Crippen molar-refractivity contribution in [1.82, 2.24) is 10.6 Å². The first-order chi connectivity index (χ1) is 16.5. The molecule has 0 spiro atoms. The Bertz CT molecular complexity index is 1090. The molecular weight excluding hydrogens is 444 g/mol. The van der Waals surface area contributed by atoms with Gasteiger partial charge in [0.15, 0.2) is 0 Å². The molecule has 7 heteroatoms. The number of hydrogen-bond donors (Lipinski definition) is 3. The van der Waals surface area contributed by atoms with E-state index in [1.54, 1.807) is 27.7 Å². The van der Waals surface area contributed by atoms with Crippen LogP contribution in [0, 0.1) is 10.8 Å². The zero-order chi connectivity index (χ0) is 25.4. The van der Waals surface area contributed by atoms with Crippen LogP contribution in [0.5, 0.6) is 0 Å². The zero-order valence-corrected chi connectivity index (χ0v) is 20.8. The third kappa shape index (κ3) is 4.77.